The zero-order valence-electron chi connectivity index (χ0n) is 13.5. The van der Waals surface area contributed by atoms with Gasteiger partial charge in [-0.25, -0.2) is 0 Å². The van der Waals surface area contributed by atoms with E-state index in [0.29, 0.717) is 10.2 Å². The maximum absolute atomic E-state index is 12.6. The van der Waals surface area contributed by atoms with Crippen molar-refractivity contribution in [2.45, 2.75) is 17.2 Å². The van der Waals surface area contributed by atoms with Crippen molar-refractivity contribution in [1.82, 2.24) is 10.2 Å². The van der Waals surface area contributed by atoms with Crippen molar-refractivity contribution in [2.24, 2.45) is 0 Å². The van der Waals surface area contributed by atoms with E-state index in [1.54, 1.807) is 12.1 Å². The molecule has 0 bridgehead atoms. The fourth-order valence-corrected chi connectivity index (χ4v) is 3.16. The summed E-state index contributed by atoms with van der Waals surface area (Å²) in [5.41, 5.74) is 2.83. The maximum Gasteiger partial charge on any atom is 0.237 e. The molecular formula is C19H16ClN3OS. The largest absolute Gasteiger partial charge is 0.325 e. The van der Waals surface area contributed by atoms with Gasteiger partial charge in [-0.2, -0.15) is 0 Å². The van der Waals surface area contributed by atoms with Crippen molar-refractivity contribution in [2.75, 3.05) is 5.32 Å². The van der Waals surface area contributed by atoms with E-state index in [0.717, 1.165) is 16.8 Å². The Balaban J connectivity index is 1.74. The predicted octanol–water partition coefficient (Wildman–Crippen LogP) is 4.92. The third kappa shape index (κ3) is 4.59. The molecule has 0 saturated heterocycles. The van der Waals surface area contributed by atoms with E-state index in [1.807, 2.05) is 61.5 Å². The summed E-state index contributed by atoms with van der Waals surface area (Å²) in [4.78, 5) is 12.6. The Hall–Kier alpha value is -2.37. The van der Waals surface area contributed by atoms with E-state index < -0.39 is 0 Å². The fourth-order valence-electron chi connectivity index (χ4n) is 2.30. The van der Waals surface area contributed by atoms with Crippen molar-refractivity contribution in [3.63, 3.8) is 0 Å². The lowest BCUT2D eigenvalue weighted by Gasteiger charge is -2.14. The first-order valence-corrected chi connectivity index (χ1v) is 9.00. The van der Waals surface area contributed by atoms with Crippen LogP contribution in [0.25, 0.3) is 11.1 Å². The fraction of sp³-hybridized carbons (Fsp3) is 0.105. The highest BCUT2D eigenvalue weighted by Gasteiger charge is 2.17. The molecule has 1 atom stereocenters. The highest BCUT2D eigenvalue weighted by molar-refractivity contribution is 8.00. The van der Waals surface area contributed by atoms with Gasteiger partial charge in [0.15, 0.2) is 5.15 Å². The normalized spacial score (nSPS) is 11.8. The highest BCUT2D eigenvalue weighted by atomic mass is 35.5. The minimum absolute atomic E-state index is 0.0925. The molecular weight excluding hydrogens is 354 g/mol. The van der Waals surface area contributed by atoms with Crippen molar-refractivity contribution >= 4 is 35.0 Å². The summed E-state index contributed by atoms with van der Waals surface area (Å²) in [5, 5.41) is 11.4. The highest BCUT2D eigenvalue weighted by Crippen LogP contribution is 2.29. The first-order chi connectivity index (χ1) is 12.1. The number of carbonyl (C=O) groups excluding carboxylic acids is 1. The minimum atomic E-state index is -0.320. The molecule has 6 heteroatoms. The van der Waals surface area contributed by atoms with E-state index in [1.165, 1.54) is 11.8 Å². The van der Waals surface area contributed by atoms with Crippen LogP contribution in [0.2, 0.25) is 5.15 Å². The van der Waals surface area contributed by atoms with Crippen LogP contribution in [0, 0.1) is 0 Å². The molecule has 0 unspecified atom stereocenters. The van der Waals surface area contributed by atoms with E-state index in [4.69, 9.17) is 11.6 Å². The van der Waals surface area contributed by atoms with Gasteiger partial charge < -0.3 is 5.32 Å². The molecule has 0 saturated carbocycles. The number of para-hydroxylation sites is 1. The minimum Gasteiger partial charge on any atom is -0.325 e. The summed E-state index contributed by atoms with van der Waals surface area (Å²) < 4.78 is 0. The topological polar surface area (TPSA) is 54.9 Å². The van der Waals surface area contributed by atoms with Gasteiger partial charge in [-0.3, -0.25) is 4.79 Å². The summed E-state index contributed by atoms with van der Waals surface area (Å²) in [5.74, 6) is -0.0925. The van der Waals surface area contributed by atoms with Crippen LogP contribution in [-0.4, -0.2) is 21.4 Å². The van der Waals surface area contributed by atoms with Gasteiger partial charge in [0.25, 0.3) is 0 Å². The lowest BCUT2D eigenvalue weighted by Crippen LogP contribution is -2.22. The molecule has 1 amide bonds. The number of carbonyl (C=O) groups is 1. The number of hydrogen-bond acceptors (Lipinski definition) is 4. The average molecular weight is 370 g/mol. The standard InChI is InChI=1S/C19H16ClN3OS/c1-13(25-18-12-11-17(20)22-23-18)19(24)21-16-10-6-5-9-15(16)14-7-3-2-4-8-14/h2-13H,1H3,(H,21,24)/t13-/m1/s1. The number of amides is 1. The van der Waals surface area contributed by atoms with Gasteiger partial charge in [0.2, 0.25) is 5.91 Å². The van der Waals surface area contributed by atoms with Gasteiger partial charge in [-0.05, 0) is 30.7 Å². The van der Waals surface area contributed by atoms with Crippen LogP contribution in [0.5, 0.6) is 0 Å². The number of aromatic nitrogens is 2. The number of hydrogen-bond donors (Lipinski definition) is 1. The zero-order valence-corrected chi connectivity index (χ0v) is 15.1. The summed E-state index contributed by atoms with van der Waals surface area (Å²) >= 11 is 7.07. The van der Waals surface area contributed by atoms with Gasteiger partial charge in [0, 0.05) is 11.3 Å². The molecule has 2 aromatic carbocycles. The number of nitrogens with zero attached hydrogens (tertiary/aromatic N) is 2. The van der Waals surface area contributed by atoms with Gasteiger partial charge in [-0.15, -0.1) is 10.2 Å². The Kier molecular flexibility index (Phi) is 5.68. The molecule has 1 N–H and O–H groups in total. The summed E-state index contributed by atoms with van der Waals surface area (Å²) in [6.45, 7) is 1.83. The monoisotopic (exact) mass is 369 g/mol. The number of thioether (sulfide) groups is 1. The lowest BCUT2D eigenvalue weighted by molar-refractivity contribution is -0.115. The molecule has 4 nitrogen and oxygen atoms in total. The number of benzene rings is 2. The summed E-state index contributed by atoms with van der Waals surface area (Å²) in [6, 6.07) is 21.1. The second-order valence-corrected chi connectivity index (χ2v) is 7.10. The van der Waals surface area contributed by atoms with E-state index >= 15 is 0 Å². The number of anilines is 1. The lowest BCUT2D eigenvalue weighted by atomic mass is 10.0. The van der Waals surface area contributed by atoms with Crippen LogP contribution in [0.15, 0.2) is 71.8 Å². The quantitative estimate of drug-likeness (QED) is 0.649. The van der Waals surface area contributed by atoms with Crippen molar-refractivity contribution in [3.8, 4) is 11.1 Å². The first kappa shape index (κ1) is 17.5. The third-order valence-corrected chi connectivity index (χ3v) is 4.77. The molecule has 0 aliphatic rings. The van der Waals surface area contributed by atoms with E-state index in [9.17, 15) is 4.79 Å². The van der Waals surface area contributed by atoms with Crippen molar-refractivity contribution in [1.29, 1.82) is 0 Å². The molecule has 0 fully saturated rings. The van der Waals surface area contributed by atoms with Crippen LogP contribution in [0.4, 0.5) is 5.69 Å². The van der Waals surface area contributed by atoms with Gasteiger partial charge in [0.05, 0.1) is 5.25 Å². The van der Waals surface area contributed by atoms with Gasteiger partial charge >= 0.3 is 0 Å². The Bertz CT molecular complexity index is 856. The summed E-state index contributed by atoms with van der Waals surface area (Å²) in [7, 11) is 0. The first-order valence-electron chi connectivity index (χ1n) is 7.74. The maximum atomic E-state index is 12.6. The van der Waals surface area contributed by atoms with E-state index in [2.05, 4.69) is 15.5 Å². The number of rotatable bonds is 5. The molecule has 0 aliphatic heterocycles. The average Bonchev–Trinajstić information content (AvgIpc) is 2.64. The molecule has 1 heterocycles. The van der Waals surface area contributed by atoms with Crippen molar-refractivity contribution < 1.29 is 4.79 Å². The van der Waals surface area contributed by atoms with Gasteiger partial charge in [-0.1, -0.05) is 71.9 Å². The van der Waals surface area contributed by atoms with Gasteiger partial charge in [0.1, 0.15) is 5.03 Å². The Morgan fingerprint density at radius 1 is 1.00 bits per heavy atom. The van der Waals surface area contributed by atoms with E-state index in [-0.39, 0.29) is 11.2 Å². The molecule has 0 spiro atoms. The molecule has 0 radical (unpaired) electrons. The van der Waals surface area contributed by atoms with Crippen LogP contribution in [0.3, 0.4) is 0 Å². The van der Waals surface area contributed by atoms with Crippen molar-refractivity contribution in [3.05, 3.63) is 71.9 Å². The smallest absolute Gasteiger partial charge is 0.237 e. The third-order valence-electron chi connectivity index (χ3n) is 3.54. The molecule has 3 rings (SSSR count). The zero-order chi connectivity index (χ0) is 17.6. The molecule has 1 aromatic heterocycles. The molecule has 126 valence electrons. The van der Waals surface area contributed by atoms with Crippen LogP contribution in [-0.2, 0) is 4.79 Å². The molecule has 25 heavy (non-hydrogen) atoms. The van der Waals surface area contributed by atoms with Crippen LogP contribution in [0.1, 0.15) is 6.92 Å². The predicted molar refractivity (Wildman–Crippen MR) is 103 cm³/mol. The Labute approximate surface area is 155 Å². The molecule has 3 aromatic rings. The van der Waals surface area contributed by atoms with Crippen LogP contribution < -0.4 is 5.32 Å². The molecule has 0 aliphatic carbocycles. The Morgan fingerprint density at radius 2 is 1.72 bits per heavy atom. The second kappa shape index (κ2) is 8.14. The Morgan fingerprint density at radius 3 is 2.44 bits per heavy atom. The summed E-state index contributed by atoms with van der Waals surface area (Å²) in [6.07, 6.45) is 0. The number of nitrogens with one attached hydrogen (secondary N) is 1. The SMILES string of the molecule is C[C@@H](Sc1ccc(Cl)nn1)C(=O)Nc1ccccc1-c1ccccc1. The number of halogens is 1. The second-order valence-electron chi connectivity index (χ2n) is 5.36. The van der Waals surface area contributed by atoms with Crippen LogP contribution >= 0.6 is 23.4 Å².